The lowest BCUT2D eigenvalue weighted by molar-refractivity contribution is -0.142. The monoisotopic (exact) mass is 301 g/mol. The Hall–Kier alpha value is -2.30. The van der Waals surface area contributed by atoms with E-state index < -0.39 is 5.97 Å². The lowest BCUT2D eigenvalue weighted by atomic mass is 9.86. The van der Waals surface area contributed by atoms with E-state index in [0.29, 0.717) is 31.3 Å². The predicted octanol–water partition coefficient (Wildman–Crippen LogP) is 2.22. The van der Waals surface area contributed by atoms with Crippen molar-refractivity contribution in [2.45, 2.75) is 31.7 Å². The first-order chi connectivity index (χ1) is 10.6. The van der Waals surface area contributed by atoms with Crippen LogP contribution >= 0.6 is 0 Å². The summed E-state index contributed by atoms with van der Waals surface area (Å²) >= 11 is 0. The van der Waals surface area contributed by atoms with Gasteiger partial charge in [0.25, 0.3) is 5.91 Å². The molecule has 2 aliphatic rings. The number of para-hydroxylation sites is 1. The van der Waals surface area contributed by atoms with E-state index in [9.17, 15) is 9.59 Å². The van der Waals surface area contributed by atoms with Crippen LogP contribution < -0.4 is 10.1 Å². The van der Waals surface area contributed by atoms with Crippen molar-refractivity contribution in [2.24, 2.45) is 5.92 Å². The van der Waals surface area contributed by atoms with Gasteiger partial charge < -0.3 is 15.2 Å². The van der Waals surface area contributed by atoms with Crippen molar-refractivity contribution < 1.29 is 19.4 Å². The summed E-state index contributed by atoms with van der Waals surface area (Å²) in [6.45, 7) is 0.271. The first-order valence-electron chi connectivity index (χ1n) is 7.59. The molecule has 1 saturated carbocycles. The number of aliphatic carboxylic acids is 1. The zero-order valence-electron chi connectivity index (χ0n) is 12.2. The van der Waals surface area contributed by atoms with Crippen molar-refractivity contribution >= 4 is 18.0 Å². The molecule has 5 heteroatoms. The standard InChI is InChI=1S/C17H19NO4/c19-16(18-14-7-5-11(6-8-14)17(20)21)13-9-12-3-1-2-4-15(12)22-10-13/h1-4,9,11,14H,5-8,10H2,(H,18,19)(H,20,21). The summed E-state index contributed by atoms with van der Waals surface area (Å²) < 4.78 is 5.59. The van der Waals surface area contributed by atoms with Gasteiger partial charge in [-0.3, -0.25) is 9.59 Å². The number of ether oxygens (including phenoxy) is 1. The molecule has 1 fully saturated rings. The van der Waals surface area contributed by atoms with Crippen LogP contribution in [0.4, 0.5) is 0 Å². The number of rotatable bonds is 3. The van der Waals surface area contributed by atoms with Gasteiger partial charge in [-0.05, 0) is 37.8 Å². The van der Waals surface area contributed by atoms with Crippen molar-refractivity contribution in [3.63, 3.8) is 0 Å². The van der Waals surface area contributed by atoms with Crippen molar-refractivity contribution in [1.29, 1.82) is 0 Å². The molecular weight excluding hydrogens is 282 g/mol. The van der Waals surface area contributed by atoms with Gasteiger partial charge >= 0.3 is 5.97 Å². The first kappa shape index (κ1) is 14.6. The Morgan fingerprint density at radius 3 is 2.59 bits per heavy atom. The number of hydrogen-bond donors (Lipinski definition) is 2. The molecule has 0 unspecified atom stereocenters. The topological polar surface area (TPSA) is 75.6 Å². The smallest absolute Gasteiger partial charge is 0.306 e. The number of benzene rings is 1. The molecule has 22 heavy (non-hydrogen) atoms. The Morgan fingerprint density at radius 2 is 1.86 bits per heavy atom. The molecule has 1 aliphatic heterocycles. The highest BCUT2D eigenvalue weighted by Crippen LogP contribution is 2.27. The van der Waals surface area contributed by atoms with Gasteiger partial charge in [0.2, 0.25) is 0 Å². The van der Waals surface area contributed by atoms with Gasteiger partial charge in [-0.15, -0.1) is 0 Å². The Bertz CT molecular complexity index is 615. The molecule has 0 spiro atoms. The van der Waals surface area contributed by atoms with E-state index in [1.807, 2.05) is 30.3 Å². The molecule has 1 aromatic rings. The van der Waals surface area contributed by atoms with Gasteiger partial charge in [0, 0.05) is 11.6 Å². The first-order valence-corrected chi connectivity index (χ1v) is 7.59. The molecule has 5 nitrogen and oxygen atoms in total. The van der Waals surface area contributed by atoms with E-state index in [2.05, 4.69) is 5.32 Å². The SMILES string of the molecule is O=C(NC1CCC(C(=O)O)CC1)C1=Cc2ccccc2OC1. The van der Waals surface area contributed by atoms with Crippen molar-refractivity contribution in [1.82, 2.24) is 5.32 Å². The lowest BCUT2D eigenvalue weighted by Gasteiger charge is -2.27. The Kier molecular flexibility index (Phi) is 4.13. The highest BCUT2D eigenvalue weighted by Gasteiger charge is 2.27. The van der Waals surface area contributed by atoms with Crippen LogP contribution in [-0.4, -0.2) is 29.6 Å². The van der Waals surface area contributed by atoms with E-state index >= 15 is 0 Å². The molecule has 2 N–H and O–H groups in total. The average molecular weight is 301 g/mol. The number of carbonyl (C=O) groups excluding carboxylic acids is 1. The Morgan fingerprint density at radius 1 is 1.14 bits per heavy atom. The van der Waals surface area contributed by atoms with E-state index in [4.69, 9.17) is 9.84 Å². The number of carbonyl (C=O) groups is 2. The highest BCUT2D eigenvalue weighted by molar-refractivity contribution is 5.99. The minimum atomic E-state index is -0.732. The number of carboxylic acids is 1. The van der Waals surface area contributed by atoms with Crippen LogP contribution in [0.2, 0.25) is 0 Å². The van der Waals surface area contributed by atoms with Crippen LogP contribution in [0.5, 0.6) is 5.75 Å². The Balaban J connectivity index is 1.60. The minimum absolute atomic E-state index is 0.0566. The lowest BCUT2D eigenvalue weighted by Crippen LogP contribution is -2.40. The highest BCUT2D eigenvalue weighted by atomic mass is 16.5. The quantitative estimate of drug-likeness (QED) is 0.897. The Labute approximate surface area is 129 Å². The van der Waals surface area contributed by atoms with E-state index in [-0.39, 0.29) is 24.5 Å². The summed E-state index contributed by atoms with van der Waals surface area (Å²) in [4.78, 5) is 23.3. The minimum Gasteiger partial charge on any atom is -0.488 e. The summed E-state index contributed by atoms with van der Waals surface area (Å²) in [6.07, 6.45) is 4.54. The zero-order valence-corrected chi connectivity index (χ0v) is 12.2. The third-order valence-corrected chi connectivity index (χ3v) is 4.34. The van der Waals surface area contributed by atoms with E-state index in [0.717, 1.165) is 11.3 Å². The maximum Gasteiger partial charge on any atom is 0.306 e. The molecule has 0 bridgehead atoms. The van der Waals surface area contributed by atoms with Crippen LogP contribution in [0.1, 0.15) is 31.2 Å². The van der Waals surface area contributed by atoms with E-state index in [1.54, 1.807) is 0 Å². The van der Waals surface area contributed by atoms with Crippen molar-refractivity contribution in [3.8, 4) is 5.75 Å². The number of hydrogen-bond acceptors (Lipinski definition) is 3. The molecule has 1 aliphatic carbocycles. The fourth-order valence-electron chi connectivity index (χ4n) is 3.01. The van der Waals surface area contributed by atoms with Gasteiger partial charge in [-0.25, -0.2) is 0 Å². The van der Waals surface area contributed by atoms with Crippen LogP contribution in [-0.2, 0) is 9.59 Å². The van der Waals surface area contributed by atoms with E-state index in [1.165, 1.54) is 0 Å². The van der Waals surface area contributed by atoms with Crippen LogP contribution in [0.3, 0.4) is 0 Å². The number of amides is 1. The second kappa shape index (κ2) is 6.22. The summed E-state index contributed by atoms with van der Waals surface area (Å²) in [5, 5.41) is 12.0. The van der Waals surface area contributed by atoms with Crippen LogP contribution in [0.25, 0.3) is 6.08 Å². The number of carboxylic acid groups (broad SMARTS) is 1. The van der Waals surface area contributed by atoms with Gasteiger partial charge in [-0.2, -0.15) is 0 Å². The molecule has 0 saturated heterocycles. The molecule has 116 valence electrons. The molecule has 1 amide bonds. The van der Waals surface area contributed by atoms with Gasteiger partial charge in [-0.1, -0.05) is 18.2 Å². The summed E-state index contributed by atoms with van der Waals surface area (Å²) in [5.41, 5.74) is 1.52. The second-order valence-corrected chi connectivity index (χ2v) is 5.86. The molecule has 0 aromatic heterocycles. The second-order valence-electron chi connectivity index (χ2n) is 5.86. The van der Waals surface area contributed by atoms with Crippen molar-refractivity contribution in [2.75, 3.05) is 6.61 Å². The molecule has 1 aromatic carbocycles. The molecule has 1 heterocycles. The summed E-state index contributed by atoms with van der Waals surface area (Å²) in [7, 11) is 0. The third kappa shape index (κ3) is 3.13. The van der Waals surface area contributed by atoms with Crippen LogP contribution in [0, 0.1) is 5.92 Å². The molecule has 0 atom stereocenters. The van der Waals surface area contributed by atoms with Gasteiger partial charge in [0.05, 0.1) is 11.5 Å². The van der Waals surface area contributed by atoms with Crippen LogP contribution in [0.15, 0.2) is 29.8 Å². The zero-order chi connectivity index (χ0) is 15.5. The largest absolute Gasteiger partial charge is 0.488 e. The number of fused-ring (bicyclic) bond motifs is 1. The predicted molar refractivity (Wildman–Crippen MR) is 81.4 cm³/mol. The maximum atomic E-state index is 12.3. The third-order valence-electron chi connectivity index (χ3n) is 4.34. The normalized spacial score (nSPS) is 23.7. The fourth-order valence-corrected chi connectivity index (χ4v) is 3.01. The van der Waals surface area contributed by atoms with Gasteiger partial charge in [0.1, 0.15) is 12.4 Å². The average Bonchev–Trinajstić information content (AvgIpc) is 2.55. The molecular formula is C17H19NO4. The van der Waals surface area contributed by atoms with Gasteiger partial charge in [0.15, 0.2) is 0 Å². The summed E-state index contributed by atoms with van der Waals surface area (Å²) in [5.74, 6) is -0.323. The summed E-state index contributed by atoms with van der Waals surface area (Å²) in [6, 6.07) is 7.67. The fraction of sp³-hybridized carbons (Fsp3) is 0.412. The maximum absolute atomic E-state index is 12.3. The van der Waals surface area contributed by atoms with Crippen molar-refractivity contribution in [3.05, 3.63) is 35.4 Å². The molecule has 0 radical (unpaired) electrons. The molecule has 3 rings (SSSR count). The number of nitrogens with one attached hydrogen (secondary N) is 1.